The summed E-state index contributed by atoms with van der Waals surface area (Å²) in [5, 5.41) is 0. The fourth-order valence-electron chi connectivity index (χ4n) is 5.07. The molecule has 3 rings (SSSR count). The van der Waals surface area contributed by atoms with E-state index >= 15 is 0 Å². The Morgan fingerprint density at radius 3 is 2.09 bits per heavy atom. The van der Waals surface area contributed by atoms with Crippen LogP contribution in [0.5, 0.6) is 0 Å². The second-order valence-electron chi connectivity index (χ2n) is 7.75. The third-order valence-corrected chi connectivity index (χ3v) is 6.53. The van der Waals surface area contributed by atoms with Crippen molar-refractivity contribution in [2.75, 3.05) is 0 Å². The Hall–Kier alpha value is -0.780. The Labute approximate surface area is 137 Å². The van der Waals surface area contributed by atoms with E-state index in [0.717, 1.165) is 17.8 Å². The molecule has 2 fully saturated rings. The third kappa shape index (κ3) is 3.58. The highest BCUT2D eigenvalue weighted by molar-refractivity contribution is 5.35. The summed E-state index contributed by atoms with van der Waals surface area (Å²) in [6.07, 6.45) is 15.8. The van der Waals surface area contributed by atoms with Gasteiger partial charge in [-0.25, -0.2) is 0 Å². The molecule has 2 saturated carbocycles. The Balaban J connectivity index is 1.65. The van der Waals surface area contributed by atoms with Crippen LogP contribution in [-0.2, 0) is 12.8 Å². The minimum atomic E-state index is 0.848. The molecule has 0 atom stereocenters. The van der Waals surface area contributed by atoms with Gasteiger partial charge in [-0.2, -0.15) is 0 Å². The predicted octanol–water partition coefficient (Wildman–Crippen LogP) is 6.67. The predicted molar refractivity (Wildman–Crippen MR) is 96.5 cm³/mol. The minimum Gasteiger partial charge on any atom is -0.0613 e. The highest BCUT2D eigenvalue weighted by Crippen LogP contribution is 2.43. The van der Waals surface area contributed by atoms with Gasteiger partial charge in [0.25, 0.3) is 0 Å². The molecular formula is C22H34. The van der Waals surface area contributed by atoms with Crippen molar-refractivity contribution in [1.82, 2.24) is 0 Å². The molecule has 0 saturated heterocycles. The van der Waals surface area contributed by atoms with Crippen LogP contribution in [0.15, 0.2) is 18.2 Å². The van der Waals surface area contributed by atoms with Crippen LogP contribution in [0.4, 0.5) is 0 Å². The molecule has 0 unspecified atom stereocenters. The Morgan fingerprint density at radius 1 is 0.773 bits per heavy atom. The standard InChI is InChI=1S/C22H34/c1-3-17-10-11-18(4-2)22(16-17)21-14-12-20(13-15-21)19-8-6-5-7-9-19/h10-11,16,19-21H,3-9,12-15H2,1-2H3. The quantitative estimate of drug-likeness (QED) is 0.582. The Bertz CT molecular complexity index is 459. The van der Waals surface area contributed by atoms with Crippen LogP contribution in [0.1, 0.15) is 94.2 Å². The molecule has 0 radical (unpaired) electrons. The number of aryl methyl sites for hydroxylation is 2. The SMILES string of the molecule is CCc1ccc(CC)c(C2CCC(C3CCCCC3)CC2)c1. The first-order chi connectivity index (χ1) is 10.8. The summed E-state index contributed by atoms with van der Waals surface area (Å²) in [6.45, 7) is 4.60. The van der Waals surface area contributed by atoms with E-state index in [2.05, 4.69) is 32.0 Å². The highest BCUT2D eigenvalue weighted by Gasteiger charge is 2.29. The van der Waals surface area contributed by atoms with Crippen molar-refractivity contribution in [3.05, 3.63) is 34.9 Å². The summed E-state index contributed by atoms with van der Waals surface area (Å²) in [5.41, 5.74) is 4.84. The Kier molecular flexibility index (Phi) is 5.61. The highest BCUT2D eigenvalue weighted by atomic mass is 14.3. The molecule has 0 amide bonds. The van der Waals surface area contributed by atoms with E-state index in [9.17, 15) is 0 Å². The zero-order chi connectivity index (χ0) is 15.4. The van der Waals surface area contributed by atoms with Gasteiger partial charge in [-0.3, -0.25) is 0 Å². The molecule has 1 aromatic carbocycles. The first kappa shape index (κ1) is 16.1. The number of hydrogen-bond donors (Lipinski definition) is 0. The lowest BCUT2D eigenvalue weighted by Gasteiger charge is -2.36. The van der Waals surface area contributed by atoms with Gasteiger partial charge in [0.1, 0.15) is 0 Å². The van der Waals surface area contributed by atoms with Crippen LogP contribution < -0.4 is 0 Å². The third-order valence-electron chi connectivity index (χ3n) is 6.53. The topological polar surface area (TPSA) is 0 Å². The largest absolute Gasteiger partial charge is 0.0613 e. The van der Waals surface area contributed by atoms with E-state index in [1.165, 1.54) is 76.2 Å². The zero-order valence-electron chi connectivity index (χ0n) is 14.7. The second kappa shape index (κ2) is 7.66. The van der Waals surface area contributed by atoms with Crippen LogP contribution in [0.2, 0.25) is 0 Å². The van der Waals surface area contributed by atoms with E-state index in [1.54, 1.807) is 11.1 Å². The van der Waals surface area contributed by atoms with Gasteiger partial charge >= 0.3 is 0 Å². The van der Waals surface area contributed by atoms with Crippen molar-refractivity contribution in [1.29, 1.82) is 0 Å². The molecule has 0 bridgehead atoms. The van der Waals surface area contributed by atoms with Gasteiger partial charge in [-0.1, -0.05) is 64.2 Å². The first-order valence-electron chi connectivity index (χ1n) is 9.93. The summed E-state index contributed by atoms with van der Waals surface area (Å²) >= 11 is 0. The van der Waals surface area contributed by atoms with Gasteiger partial charge < -0.3 is 0 Å². The number of rotatable bonds is 4. The van der Waals surface area contributed by atoms with Gasteiger partial charge in [0.2, 0.25) is 0 Å². The van der Waals surface area contributed by atoms with Crippen LogP contribution in [0, 0.1) is 11.8 Å². The molecule has 0 heteroatoms. The average molecular weight is 299 g/mol. The van der Waals surface area contributed by atoms with E-state index in [1.807, 2.05) is 0 Å². The lowest BCUT2D eigenvalue weighted by Crippen LogP contribution is -2.23. The second-order valence-corrected chi connectivity index (χ2v) is 7.75. The van der Waals surface area contributed by atoms with Gasteiger partial charge in [0, 0.05) is 0 Å². The van der Waals surface area contributed by atoms with Crippen molar-refractivity contribution >= 4 is 0 Å². The van der Waals surface area contributed by atoms with Crippen LogP contribution in [0.3, 0.4) is 0 Å². The van der Waals surface area contributed by atoms with Crippen molar-refractivity contribution in [3.63, 3.8) is 0 Å². The molecule has 0 heterocycles. The lowest BCUT2D eigenvalue weighted by atomic mass is 9.69. The molecule has 0 nitrogen and oxygen atoms in total. The molecule has 0 N–H and O–H groups in total. The van der Waals surface area contributed by atoms with Crippen LogP contribution in [-0.4, -0.2) is 0 Å². The van der Waals surface area contributed by atoms with Gasteiger partial charge in [-0.05, 0) is 73.0 Å². The summed E-state index contributed by atoms with van der Waals surface area (Å²) in [6, 6.07) is 7.28. The lowest BCUT2D eigenvalue weighted by molar-refractivity contribution is 0.186. The average Bonchev–Trinajstić information content (AvgIpc) is 2.62. The van der Waals surface area contributed by atoms with Gasteiger partial charge in [0.15, 0.2) is 0 Å². The van der Waals surface area contributed by atoms with Gasteiger partial charge in [0.05, 0.1) is 0 Å². The molecule has 0 spiro atoms. The molecule has 2 aliphatic carbocycles. The van der Waals surface area contributed by atoms with Crippen LogP contribution in [0.25, 0.3) is 0 Å². The van der Waals surface area contributed by atoms with Crippen molar-refractivity contribution in [2.45, 2.75) is 90.4 Å². The summed E-state index contributed by atoms with van der Waals surface area (Å²) in [7, 11) is 0. The molecule has 0 aromatic heterocycles. The van der Waals surface area contributed by atoms with E-state index in [4.69, 9.17) is 0 Å². The monoisotopic (exact) mass is 298 g/mol. The number of hydrogen-bond acceptors (Lipinski definition) is 0. The maximum Gasteiger partial charge on any atom is -0.0159 e. The molecule has 22 heavy (non-hydrogen) atoms. The maximum absolute atomic E-state index is 2.53. The van der Waals surface area contributed by atoms with Crippen molar-refractivity contribution < 1.29 is 0 Å². The normalized spacial score (nSPS) is 27.0. The van der Waals surface area contributed by atoms with Crippen LogP contribution >= 0.6 is 0 Å². The molecule has 0 aliphatic heterocycles. The fourth-order valence-corrected chi connectivity index (χ4v) is 5.07. The first-order valence-corrected chi connectivity index (χ1v) is 9.93. The smallest absolute Gasteiger partial charge is 0.0159 e. The molecular weight excluding hydrogens is 264 g/mol. The Morgan fingerprint density at radius 2 is 1.45 bits per heavy atom. The van der Waals surface area contributed by atoms with E-state index in [0.29, 0.717) is 0 Å². The minimum absolute atomic E-state index is 0.848. The van der Waals surface area contributed by atoms with Crippen molar-refractivity contribution in [2.24, 2.45) is 11.8 Å². The summed E-state index contributed by atoms with van der Waals surface area (Å²) in [4.78, 5) is 0. The van der Waals surface area contributed by atoms with Crippen molar-refractivity contribution in [3.8, 4) is 0 Å². The summed E-state index contributed by atoms with van der Waals surface area (Å²) in [5.74, 6) is 2.97. The number of benzene rings is 1. The fraction of sp³-hybridized carbons (Fsp3) is 0.727. The maximum atomic E-state index is 2.53. The zero-order valence-corrected chi connectivity index (χ0v) is 14.7. The molecule has 1 aromatic rings. The van der Waals surface area contributed by atoms with E-state index in [-0.39, 0.29) is 0 Å². The molecule has 2 aliphatic rings. The molecule has 122 valence electrons. The summed E-state index contributed by atoms with van der Waals surface area (Å²) < 4.78 is 0. The van der Waals surface area contributed by atoms with E-state index < -0.39 is 0 Å². The van der Waals surface area contributed by atoms with Gasteiger partial charge in [-0.15, -0.1) is 0 Å².